The van der Waals surface area contributed by atoms with Crippen molar-refractivity contribution in [3.05, 3.63) is 53.1 Å². The summed E-state index contributed by atoms with van der Waals surface area (Å²) >= 11 is 5.90. The molecule has 4 heteroatoms. The summed E-state index contributed by atoms with van der Waals surface area (Å²) in [7, 11) is 0. The Kier molecular flexibility index (Phi) is 4.42. The van der Waals surface area contributed by atoms with Gasteiger partial charge in [0, 0.05) is 17.2 Å². The lowest BCUT2D eigenvalue weighted by Gasteiger charge is -2.10. The molecule has 3 nitrogen and oxygen atoms in total. The van der Waals surface area contributed by atoms with Crippen molar-refractivity contribution in [3.8, 4) is 17.2 Å². The van der Waals surface area contributed by atoms with Crippen LogP contribution in [0.4, 0.5) is 0 Å². The van der Waals surface area contributed by atoms with Crippen LogP contribution in [0.2, 0.25) is 5.02 Å². The molecule has 0 aliphatic carbocycles. The Morgan fingerprint density at radius 3 is 2.68 bits per heavy atom. The van der Waals surface area contributed by atoms with E-state index in [4.69, 9.17) is 21.1 Å². The van der Waals surface area contributed by atoms with E-state index in [1.165, 1.54) is 0 Å². The number of carbonyl (C=O) groups excluding carboxylic acids is 1. The molecule has 19 heavy (non-hydrogen) atoms. The molecule has 0 aliphatic rings. The molecule has 0 unspecified atom stereocenters. The smallest absolute Gasteiger partial charge is 0.153 e. The lowest BCUT2D eigenvalue weighted by molar-refractivity contribution is 0.112. The van der Waals surface area contributed by atoms with E-state index in [0.717, 1.165) is 12.0 Å². The third kappa shape index (κ3) is 3.48. The topological polar surface area (TPSA) is 35.5 Å². The van der Waals surface area contributed by atoms with E-state index in [-0.39, 0.29) is 0 Å². The molecule has 2 aromatic carbocycles. The van der Waals surface area contributed by atoms with Crippen LogP contribution < -0.4 is 9.47 Å². The normalized spacial score (nSPS) is 10.0. The van der Waals surface area contributed by atoms with Gasteiger partial charge < -0.3 is 9.47 Å². The van der Waals surface area contributed by atoms with Gasteiger partial charge in [-0.25, -0.2) is 0 Å². The Bertz CT molecular complexity index is 581. The van der Waals surface area contributed by atoms with Crippen molar-refractivity contribution in [1.82, 2.24) is 0 Å². The van der Waals surface area contributed by atoms with E-state index in [1.807, 2.05) is 19.1 Å². The second-order valence-electron chi connectivity index (χ2n) is 3.81. The molecule has 0 aromatic heterocycles. The molecule has 0 atom stereocenters. The average molecular weight is 277 g/mol. The van der Waals surface area contributed by atoms with Crippen molar-refractivity contribution >= 4 is 17.9 Å². The summed E-state index contributed by atoms with van der Waals surface area (Å²) in [6.07, 6.45) is 0.734. The molecule has 0 saturated carbocycles. The Balaban J connectivity index is 2.27. The number of hydrogen-bond acceptors (Lipinski definition) is 3. The fourth-order valence-corrected chi connectivity index (χ4v) is 1.78. The molecule has 98 valence electrons. The van der Waals surface area contributed by atoms with Crippen LogP contribution in [0.3, 0.4) is 0 Å². The Morgan fingerprint density at radius 2 is 1.95 bits per heavy atom. The first-order valence-electron chi connectivity index (χ1n) is 5.88. The van der Waals surface area contributed by atoms with Gasteiger partial charge in [-0.15, -0.1) is 0 Å². The minimum Gasteiger partial charge on any atom is -0.494 e. The first-order valence-corrected chi connectivity index (χ1v) is 6.26. The minimum atomic E-state index is 0.427. The van der Waals surface area contributed by atoms with Crippen LogP contribution in [-0.4, -0.2) is 12.9 Å². The zero-order valence-corrected chi connectivity index (χ0v) is 11.2. The maximum Gasteiger partial charge on any atom is 0.153 e. The fourth-order valence-electron chi connectivity index (χ4n) is 1.62. The second-order valence-corrected chi connectivity index (χ2v) is 4.25. The third-order valence-electron chi connectivity index (χ3n) is 2.45. The first kappa shape index (κ1) is 13.4. The van der Waals surface area contributed by atoms with Crippen LogP contribution in [0.5, 0.6) is 17.2 Å². The van der Waals surface area contributed by atoms with Gasteiger partial charge in [0.2, 0.25) is 0 Å². The Hall–Kier alpha value is -2.00. The summed E-state index contributed by atoms with van der Waals surface area (Å²) in [5, 5.41) is 0.515. The molecule has 2 aromatic rings. The van der Waals surface area contributed by atoms with Crippen LogP contribution in [-0.2, 0) is 0 Å². The van der Waals surface area contributed by atoms with E-state index in [9.17, 15) is 4.79 Å². The van der Waals surface area contributed by atoms with Crippen molar-refractivity contribution in [3.63, 3.8) is 0 Å². The maximum atomic E-state index is 11.0. The minimum absolute atomic E-state index is 0.427. The van der Waals surface area contributed by atoms with Gasteiger partial charge in [-0.3, -0.25) is 4.79 Å². The van der Waals surface area contributed by atoms with Gasteiger partial charge in [0.15, 0.2) is 6.29 Å². The lowest BCUT2D eigenvalue weighted by Crippen LogP contribution is -1.93. The van der Waals surface area contributed by atoms with Crippen molar-refractivity contribution in [1.29, 1.82) is 0 Å². The number of benzene rings is 2. The first-order chi connectivity index (χ1) is 9.22. The summed E-state index contributed by atoms with van der Waals surface area (Å²) in [5.74, 6) is 1.74. The Morgan fingerprint density at radius 1 is 1.16 bits per heavy atom. The van der Waals surface area contributed by atoms with Crippen molar-refractivity contribution in [2.24, 2.45) is 0 Å². The molecule has 0 N–H and O–H groups in total. The molecule has 0 heterocycles. The van der Waals surface area contributed by atoms with Gasteiger partial charge in [-0.2, -0.15) is 0 Å². The predicted molar refractivity (Wildman–Crippen MR) is 74.5 cm³/mol. The molecule has 0 fully saturated rings. The zero-order valence-electron chi connectivity index (χ0n) is 10.4. The molecule has 0 amide bonds. The third-order valence-corrected chi connectivity index (χ3v) is 2.68. The van der Waals surface area contributed by atoms with Crippen molar-refractivity contribution in [2.45, 2.75) is 6.92 Å². The van der Waals surface area contributed by atoms with Crippen molar-refractivity contribution < 1.29 is 14.3 Å². The number of hydrogen-bond donors (Lipinski definition) is 0. The highest BCUT2D eigenvalue weighted by Gasteiger charge is 2.06. The number of carbonyl (C=O) groups is 1. The summed E-state index contributed by atoms with van der Waals surface area (Å²) in [5.41, 5.74) is 0.450. The van der Waals surface area contributed by atoms with E-state index in [0.29, 0.717) is 28.7 Å². The Labute approximate surface area is 116 Å². The largest absolute Gasteiger partial charge is 0.494 e. The van der Waals surface area contributed by atoms with Crippen LogP contribution in [0.1, 0.15) is 17.3 Å². The highest BCUT2D eigenvalue weighted by molar-refractivity contribution is 6.30. The van der Waals surface area contributed by atoms with Crippen LogP contribution >= 0.6 is 11.6 Å². The van der Waals surface area contributed by atoms with E-state index in [2.05, 4.69) is 0 Å². The van der Waals surface area contributed by atoms with E-state index >= 15 is 0 Å². The molecule has 0 aliphatic heterocycles. The van der Waals surface area contributed by atoms with Gasteiger partial charge in [-0.05, 0) is 31.2 Å². The van der Waals surface area contributed by atoms with Gasteiger partial charge in [-0.1, -0.05) is 17.7 Å². The molecule has 0 spiro atoms. The summed E-state index contributed by atoms with van der Waals surface area (Å²) in [6.45, 7) is 2.50. The number of ether oxygens (including phenoxy) is 2. The van der Waals surface area contributed by atoms with Crippen molar-refractivity contribution in [2.75, 3.05) is 6.61 Å². The quantitative estimate of drug-likeness (QED) is 0.762. The van der Waals surface area contributed by atoms with Gasteiger partial charge in [0.25, 0.3) is 0 Å². The molecule has 0 saturated heterocycles. The number of halogens is 1. The standard InChI is InChI=1S/C15H13ClO3/c1-2-18-13-4-3-5-14(9-13)19-15-8-12(16)7-6-11(15)10-17/h3-10H,2H2,1H3. The highest BCUT2D eigenvalue weighted by Crippen LogP contribution is 2.29. The fraction of sp³-hybridized carbons (Fsp3) is 0.133. The van der Waals surface area contributed by atoms with E-state index < -0.39 is 0 Å². The molecule has 0 bridgehead atoms. The van der Waals surface area contributed by atoms with Crippen LogP contribution in [0.15, 0.2) is 42.5 Å². The summed E-state index contributed by atoms with van der Waals surface area (Å²) in [6, 6.07) is 12.1. The second kappa shape index (κ2) is 6.25. The molecule has 0 radical (unpaired) electrons. The highest BCUT2D eigenvalue weighted by atomic mass is 35.5. The molecular formula is C15H13ClO3. The SMILES string of the molecule is CCOc1cccc(Oc2cc(Cl)ccc2C=O)c1. The van der Waals surface area contributed by atoms with Crippen LogP contribution in [0, 0.1) is 0 Å². The number of rotatable bonds is 5. The predicted octanol–water partition coefficient (Wildman–Crippen LogP) is 4.34. The van der Waals surface area contributed by atoms with E-state index in [1.54, 1.807) is 30.3 Å². The van der Waals surface area contributed by atoms with Gasteiger partial charge in [0.1, 0.15) is 17.2 Å². The maximum absolute atomic E-state index is 11.0. The van der Waals surface area contributed by atoms with Gasteiger partial charge in [0.05, 0.1) is 12.2 Å². The zero-order chi connectivity index (χ0) is 13.7. The molecule has 2 rings (SSSR count). The lowest BCUT2D eigenvalue weighted by atomic mass is 10.2. The monoisotopic (exact) mass is 276 g/mol. The van der Waals surface area contributed by atoms with Crippen LogP contribution in [0.25, 0.3) is 0 Å². The molecular weight excluding hydrogens is 264 g/mol. The number of aldehydes is 1. The average Bonchev–Trinajstić information content (AvgIpc) is 2.40. The summed E-state index contributed by atoms with van der Waals surface area (Å²) in [4.78, 5) is 11.0. The summed E-state index contributed by atoms with van der Waals surface area (Å²) < 4.78 is 11.1. The van der Waals surface area contributed by atoms with Gasteiger partial charge >= 0.3 is 0 Å².